The molecule has 5 heteroatoms. The summed E-state index contributed by atoms with van der Waals surface area (Å²) in [5.41, 5.74) is 2.35. The first-order valence-corrected chi connectivity index (χ1v) is 6.02. The topological polar surface area (TPSA) is 49.9 Å². The molecule has 1 aliphatic rings. The molecule has 0 aliphatic carbocycles. The summed E-state index contributed by atoms with van der Waals surface area (Å²) >= 11 is 5.31. The Hall–Kier alpha value is -0.780. The van der Waals surface area contributed by atoms with Crippen molar-refractivity contribution in [3.8, 4) is 0 Å². The fourth-order valence-electron chi connectivity index (χ4n) is 2.01. The van der Waals surface area contributed by atoms with E-state index in [0.29, 0.717) is 4.64 Å². The van der Waals surface area contributed by atoms with Gasteiger partial charge in [0, 0.05) is 37.9 Å². The molecule has 1 aromatic heterocycles. The van der Waals surface area contributed by atoms with Crippen LogP contribution in [0, 0.1) is 4.64 Å². The van der Waals surface area contributed by atoms with Crippen LogP contribution < -0.4 is 5.32 Å². The van der Waals surface area contributed by atoms with Gasteiger partial charge in [-0.15, -0.1) is 0 Å². The van der Waals surface area contributed by atoms with Crippen molar-refractivity contribution in [3.05, 3.63) is 21.7 Å². The predicted octanol–water partition coefficient (Wildman–Crippen LogP) is 1.88. The molecule has 0 fully saturated rings. The number of rotatable bonds is 3. The summed E-state index contributed by atoms with van der Waals surface area (Å²) in [6.07, 6.45) is 1.89. The van der Waals surface area contributed by atoms with E-state index in [1.165, 1.54) is 5.69 Å². The molecule has 2 heterocycles. The number of hydrogen-bond acceptors (Lipinski definition) is 4. The van der Waals surface area contributed by atoms with Gasteiger partial charge in [0.05, 0.1) is 0 Å². The van der Waals surface area contributed by atoms with Crippen LogP contribution >= 0.6 is 12.2 Å². The molecule has 0 saturated heterocycles. The van der Waals surface area contributed by atoms with Crippen molar-refractivity contribution in [1.82, 2.24) is 15.3 Å². The second-order valence-electron chi connectivity index (χ2n) is 3.94. The SMILES string of the molecule is CCC(OC)c1nc(=S)c2c([nH]1)CCNC2. The Morgan fingerprint density at radius 2 is 2.38 bits per heavy atom. The van der Waals surface area contributed by atoms with Crippen LogP contribution in [0.3, 0.4) is 0 Å². The van der Waals surface area contributed by atoms with Gasteiger partial charge < -0.3 is 15.0 Å². The summed E-state index contributed by atoms with van der Waals surface area (Å²) < 4.78 is 6.08. The molecule has 1 atom stereocenters. The summed E-state index contributed by atoms with van der Waals surface area (Å²) in [6.45, 7) is 3.89. The maximum Gasteiger partial charge on any atom is 0.137 e. The van der Waals surface area contributed by atoms with E-state index in [2.05, 4.69) is 22.2 Å². The summed E-state index contributed by atoms with van der Waals surface area (Å²) in [5, 5.41) is 3.30. The fourth-order valence-corrected chi connectivity index (χ4v) is 2.30. The maximum atomic E-state index is 5.38. The van der Waals surface area contributed by atoms with Crippen LogP contribution in [0.15, 0.2) is 0 Å². The molecule has 1 aliphatic heterocycles. The number of H-pyrrole nitrogens is 1. The highest BCUT2D eigenvalue weighted by atomic mass is 32.1. The molecular formula is C11H17N3OS. The van der Waals surface area contributed by atoms with E-state index >= 15 is 0 Å². The van der Waals surface area contributed by atoms with Gasteiger partial charge in [-0.3, -0.25) is 0 Å². The van der Waals surface area contributed by atoms with Gasteiger partial charge in [-0.2, -0.15) is 0 Å². The molecule has 16 heavy (non-hydrogen) atoms. The standard InChI is InChI=1S/C11H17N3OS/c1-3-9(15-2)10-13-8-4-5-12-6-7(8)11(16)14-10/h9,12H,3-6H2,1-2H3,(H,13,14,16). The van der Waals surface area contributed by atoms with Crippen molar-refractivity contribution in [1.29, 1.82) is 0 Å². The lowest BCUT2D eigenvalue weighted by Crippen LogP contribution is -2.26. The van der Waals surface area contributed by atoms with Crippen molar-refractivity contribution in [2.75, 3.05) is 13.7 Å². The van der Waals surface area contributed by atoms with Gasteiger partial charge in [0.2, 0.25) is 0 Å². The Morgan fingerprint density at radius 3 is 3.06 bits per heavy atom. The second kappa shape index (κ2) is 5.03. The average Bonchev–Trinajstić information content (AvgIpc) is 2.31. The minimum absolute atomic E-state index is 0.0156. The zero-order chi connectivity index (χ0) is 11.5. The Bertz CT molecular complexity index is 426. The first kappa shape index (κ1) is 11.7. The lowest BCUT2D eigenvalue weighted by molar-refractivity contribution is 0.0921. The third-order valence-electron chi connectivity index (χ3n) is 2.94. The Balaban J connectivity index is 2.42. The molecule has 0 amide bonds. The van der Waals surface area contributed by atoms with Crippen molar-refractivity contribution in [2.24, 2.45) is 0 Å². The Kier molecular flexibility index (Phi) is 3.68. The molecule has 0 radical (unpaired) electrons. The van der Waals surface area contributed by atoms with Gasteiger partial charge in [-0.25, -0.2) is 4.98 Å². The van der Waals surface area contributed by atoms with Crippen LogP contribution in [0.4, 0.5) is 0 Å². The normalized spacial score (nSPS) is 16.9. The van der Waals surface area contributed by atoms with E-state index in [4.69, 9.17) is 17.0 Å². The number of aromatic amines is 1. The quantitative estimate of drug-likeness (QED) is 0.791. The highest BCUT2D eigenvalue weighted by Gasteiger charge is 2.16. The number of ether oxygens (including phenoxy) is 1. The van der Waals surface area contributed by atoms with Crippen molar-refractivity contribution in [3.63, 3.8) is 0 Å². The predicted molar refractivity (Wildman–Crippen MR) is 64.9 cm³/mol. The largest absolute Gasteiger partial charge is 0.374 e. The third kappa shape index (κ3) is 2.16. The number of nitrogens with one attached hydrogen (secondary N) is 2. The van der Waals surface area contributed by atoms with E-state index in [9.17, 15) is 0 Å². The number of nitrogens with zero attached hydrogens (tertiary/aromatic N) is 1. The van der Waals surface area contributed by atoms with Gasteiger partial charge in [0.15, 0.2) is 0 Å². The molecule has 0 bridgehead atoms. The maximum absolute atomic E-state index is 5.38. The number of hydrogen-bond donors (Lipinski definition) is 2. The van der Waals surface area contributed by atoms with Gasteiger partial charge in [-0.05, 0) is 6.42 Å². The van der Waals surface area contributed by atoms with Crippen molar-refractivity contribution >= 4 is 12.2 Å². The minimum atomic E-state index is 0.0156. The van der Waals surface area contributed by atoms with Gasteiger partial charge in [-0.1, -0.05) is 19.1 Å². The molecule has 88 valence electrons. The smallest absolute Gasteiger partial charge is 0.137 e. The first-order valence-electron chi connectivity index (χ1n) is 5.61. The van der Waals surface area contributed by atoms with E-state index in [0.717, 1.165) is 37.3 Å². The molecular weight excluding hydrogens is 222 g/mol. The number of fused-ring (bicyclic) bond motifs is 1. The molecule has 0 spiro atoms. The lowest BCUT2D eigenvalue weighted by atomic mass is 10.1. The summed E-state index contributed by atoms with van der Waals surface area (Å²) in [5.74, 6) is 0.857. The van der Waals surface area contributed by atoms with Gasteiger partial charge in [0.1, 0.15) is 16.6 Å². The van der Waals surface area contributed by atoms with E-state index in [-0.39, 0.29) is 6.10 Å². The monoisotopic (exact) mass is 239 g/mol. The van der Waals surface area contributed by atoms with Crippen LogP contribution in [0.2, 0.25) is 0 Å². The molecule has 2 rings (SSSR count). The lowest BCUT2D eigenvalue weighted by Gasteiger charge is -2.20. The molecule has 1 unspecified atom stereocenters. The summed E-state index contributed by atoms with van der Waals surface area (Å²) in [4.78, 5) is 7.79. The van der Waals surface area contributed by atoms with Crippen LogP contribution in [-0.4, -0.2) is 23.6 Å². The van der Waals surface area contributed by atoms with Gasteiger partial charge in [0.25, 0.3) is 0 Å². The van der Waals surface area contributed by atoms with Crippen LogP contribution in [0.5, 0.6) is 0 Å². The molecule has 0 saturated carbocycles. The summed E-state index contributed by atoms with van der Waals surface area (Å²) in [6, 6.07) is 0. The average molecular weight is 239 g/mol. The Labute approximate surface area is 100 Å². The zero-order valence-electron chi connectivity index (χ0n) is 9.67. The second-order valence-corrected chi connectivity index (χ2v) is 4.33. The Morgan fingerprint density at radius 1 is 1.56 bits per heavy atom. The highest BCUT2D eigenvalue weighted by molar-refractivity contribution is 7.71. The zero-order valence-corrected chi connectivity index (χ0v) is 10.5. The van der Waals surface area contributed by atoms with E-state index in [1.807, 2.05) is 0 Å². The molecule has 1 aromatic rings. The third-order valence-corrected chi connectivity index (χ3v) is 3.27. The van der Waals surface area contributed by atoms with Gasteiger partial charge >= 0.3 is 0 Å². The van der Waals surface area contributed by atoms with Crippen molar-refractivity contribution in [2.45, 2.75) is 32.4 Å². The van der Waals surface area contributed by atoms with Crippen LogP contribution in [-0.2, 0) is 17.7 Å². The number of methoxy groups -OCH3 is 1. The molecule has 4 nitrogen and oxygen atoms in total. The van der Waals surface area contributed by atoms with Crippen molar-refractivity contribution < 1.29 is 4.74 Å². The fraction of sp³-hybridized carbons (Fsp3) is 0.636. The molecule has 2 N–H and O–H groups in total. The van der Waals surface area contributed by atoms with E-state index < -0.39 is 0 Å². The van der Waals surface area contributed by atoms with E-state index in [1.54, 1.807) is 7.11 Å². The number of aromatic nitrogens is 2. The molecule has 0 aromatic carbocycles. The van der Waals surface area contributed by atoms with Crippen LogP contribution in [0.1, 0.15) is 36.5 Å². The highest BCUT2D eigenvalue weighted by Crippen LogP contribution is 2.19. The minimum Gasteiger partial charge on any atom is -0.374 e. The van der Waals surface area contributed by atoms with Crippen LogP contribution in [0.25, 0.3) is 0 Å². The summed E-state index contributed by atoms with van der Waals surface area (Å²) in [7, 11) is 1.70. The first-order chi connectivity index (χ1) is 7.76.